The van der Waals surface area contributed by atoms with E-state index in [1.807, 2.05) is 36.4 Å². The van der Waals surface area contributed by atoms with Crippen LogP contribution in [0.1, 0.15) is 25.0 Å². The molecule has 2 aromatic carbocycles. The minimum Gasteiger partial charge on any atom is -0.268 e. The number of hydrogen-bond acceptors (Lipinski definition) is 3. The molecule has 1 fully saturated rings. The molecule has 1 heterocycles. The van der Waals surface area contributed by atoms with Crippen LogP contribution in [0.3, 0.4) is 0 Å². The zero-order valence-corrected chi connectivity index (χ0v) is 14.2. The summed E-state index contributed by atoms with van der Waals surface area (Å²) in [7, 11) is 0. The number of carbonyl (C=O) groups is 3. The third-order valence-corrected chi connectivity index (χ3v) is 5.00. The van der Waals surface area contributed by atoms with Crippen LogP contribution in [-0.2, 0) is 16.0 Å². The average Bonchev–Trinajstić information content (AvgIpc) is 2.97. The third kappa shape index (κ3) is 2.05. The van der Waals surface area contributed by atoms with Crippen molar-refractivity contribution in [2.24, 2.45) is 0 Å². The SMILES string of the molecule is CCN1C(=O)C(=C2Cc3cccc4cccc2c34)C(=O)N(CC)C1=O. The molecule has 0 unspecified atom stereocenters. The Morgan fingerprint density at radius 3 is 2.08 bits per heavy atom. The number of urea groups is 1. The molecule has 0 aromatic heterocycles. The van der Waals surface area contributed by atoms with Crippen LogP contribution in [0, 0.1) is 0 Å². The van der Waals surface area contributed by atoms with E-state index < -0.39 is 17.8 Å². The number of barbiturate groups is 1. The smallest absolute Gasteiger partial charge is 0.268 e. The topological polar surface area (TPSA) is 57.7 Å². The third-order valence-electron chi connectivity index (χ3n) is 5.00. The van der Waals surface area contributed by atoms with Gasteiger partial charge in [0.15, 0.2) is 0 Å². The van der Waals surface area contributed by atoms with Crippen LogP contribution in [0.25, 0.3) is 16.3 Å². The largest absolute Gasteiger partial charge is 0.333 e. The van der Waals surface area contributed by atoms with Crippen molar-refractivity contribution in [3.8, 4) is 0 Å². The molecule has 5 heteroatoms. The van der Waals surface area contributed by atoms with E-state index in [1.165, 1.54) is 0 Å². The molecule has 126 valence electrons. The van der Waals surface area contributed by atoms with Gasteiger partial charge in [-0.25, -0.2) is 4.79 Å². The molecule has 4 amide bonds. The molecule has 0 atom stereocenters. The number of allylic oxidation sites excluding steroid dienone is 1. The van der Waals surface area contributed by atoms with Gasteiger partial charge in [-0.05, 0) is 47.7 Å². The Hall–Kier alpha value is -2.95. The van der Waals surface area contributed by atoms with Crippen molar-refractivity contribution in [1.82, 2.24) is 9.80 Å². The zero-order valence-electron chi connectivity index (χ0n) is 14.2. The van der Waals surface area contributed by atoms with Gasteiger partial charge in [-0.2, -0.15) is 0 Å². The maximum absolute atomic E-state index is 12.9. The summed E-state index contributed by atoms with van der Waals surface area (Å²) in [5.41, 5.74) is 2.89. The Bertz CT molecular complexity index is 941. The molecular weight excluding hydrogens is 316 g/mol. The normalized spacial score (nSPS) is 17.3. The molecule has 0 saturated carbocycles. The summed E-state index contributed by atoms with van der Waals surface area (Å²) in [5, 5.41) is 2.19. The Morgan fingerprint density at radius 2 is 1.48 bits per heavy atom. The fourth-order valence-corrected chi connectivity index (χ4v) is 3.82. The van der Waals surface area contributed by atoms with Crippen LogP contribution >= 0.6 is 0 Å². The molecular formula is C20H18N2O3. The van der Waals surface area contributed by atoms with Crippen LogP contribution in [-0.4, -0.2) is 40.7 Å². The average molecular weight is 334 g/mol. The number of nitrogens with zero attached hydrogens (tertiary/aromatic N) is 2. The van der Waals surface area contributed by atoms with Crippen molar-refractivity contribution >= 4 is 34.2 Å². The second-order valence-corrected chi connectivity index (χ2v) is 6.23. The predicted molar refractivity (Wildman–Crippen MR) is 94.7 cm³/mol. The van der Waals surface area contributed by atoms with Crippen molar-refractivity contribution in [1.29, 1.82) is 0 Å². The van der Waals surface area contributed by atoms with Crippen molar-refractivity contribution in [2.75, 3.05) is 13.1 Å². The highest BCUT2D eigenvalue weighted by Crippen LogP contribution is 2.40. The first kappa shape index (κ1) is 15.6. The first-order valence-corrected chi connectivity index (χ1v) is 8.50. The minimum atomic E-state index is -0.530. The second-order valence-electron chi connectivity index (χ2n) is 6.23. The number of rotatable bonds is 2. The maximum Gasteiger partial charge on any atom is 0.333 e. The number of likely N-dealkylation sites (N-methyl/N-ethyl adjacent to an activating group) is 2. The van der Waals surface area contributed by atoms with E-state index in [-0.39, 0.29) is 18.7 Å². The lowest BCUT2D eigenvalue weighted by Gasteiger charge is -2.33. The summed E-state index contributed by atoms with van der Waals surface area (Å²) in [6, 6.07) is 11.4. The van der Waals surface area contributed by atoms with Crippen LogP contribution < -0.4 is 0 Å². The minimum absolute atomic E-state index is 0.131. The number of hydrogen-bond donors (Lipinski definition) is 0. The van der Waals surface area contributed by atoms with E-state index in [4.69, 9.17) is 0 Å². The fourth-order valence-electron chi connectivity index (χ4n) is 3.82. The van der Waals surface area contributed by atoms with Gasteiger partial charge < -0.3 is 0 Å². The first-order valence-electron chi connectivity index (χ1n) is 8.50. The molecule has 1 aliphatic carbocycles. The summed E-state index contributed by atoms with van der Waals surface area (Å²) in [4.78, 5) is 40.5. The van der Waals surface area contributed by atoms with Crippen molar-refractivity contribution in [3.05, 3.63) is 53.1 Å². The first-order chi connectivity index (χ1) is 12.1. The van der Waals surface area contributed by atoms with E-state index >= 15 is 0 Å². The van der Waals surface area contributed by atoms with Crippen LogP contribution in [0.5, 0.6) is 0 Å². The molecule has 0 N–H and O–H groups in total. The summed E-state index contributed by atoms with van der Waals surface area (Å²) in [6.45, 7) is 3.97. The van der Waals surface area contributed by atoms with Gasteiger partial charge in [0.1, 0.15) is 5.57 Å². The summed E-state index contributed by atoms with van der Waals surface area (Å²) in [5.74, 6) is -0.969. The quantitative estimate of drug-likeness (QED) is 0.627. The van der Waals surface area contributed by atoms with E-state index in [1.54, 1.807) is 13.8 Å². The van der Waals surface area contributed by atoms with Gasteiger partial charge in [-0.1, -0.05) is 36.4 Å². The highest BCUT2D eigenvalue weighted by Gasteiger charge is 2.43. The summed E-state index contributed by atoms with van der Waals surface area (Å²) < 4.78 is 0. The maximum atomic E-state index is 12.9. The fraction of sp³-hybridized carbons (Fsp3) is 0.250. The Morgan fingerprint density at radius 1 is 0.880 bits per heavy atom. The lowest BCUT2D eigenvalue weighted by molar-refractivity contribution is -0.135. The Balaban J connectivity index is 1.97. The molecule has 0 spiro atoms. The van der Waals surface area contributed by atoms with Gasteiger partial charge in [0.25, 0.3) is 11.8 Å². The second kappa shape index (κ2) is 5.55. The van der Waals surface area contributed by atoms with Gasteiger partial charge in [-0.15, -0.1) is 0 Å². The van der Waals surface area contributed by atoms with Crippen molar-refractivity contribution in [2.45, 2.75) is 20.3 Å². The van der Waals surface area contributed by atoms with Crippen LogP contribution in [0.4, 0.5) is 4.79 Å². The van der Waals surface area contributed by atoms with Crippen molar-refractivity contribution < 1.29 is 14.4 Å². The molecule has 5 nitrogen and oxygen atoms in total. The Labute approximate surface area is 145 Å². The van der Waals surface area contributed by atoms with Gasteiger partial charge in [-0.3, -0.25) is 19.4 Å². The van der Waals surface area contributed by atoms with Gasteiger partial charge in [0.05, 0.1) is 0 Å². The molecule has 0 bridgehead atoms. The van der Waals surface area contributed by atoms with E-state index in [2.05, 4.69) is 0 Å². The van der Waals surface area contributed by atoms with Gasteiger partial charge >= 0.3 is 6.03 Å². The lowest BCUT2D eigenvalue weighted by atomic mass is 9.97. The van der Waals surface area contributed by atoms with Crippen LogP contribution in [0.2, 0.25) is 0 Å². The van der Waals surface area contributed by atoms with Crippen LogP contribution in [0.15, 0.2) is 42.0 Å². The zero-order chi connectivity index (χ0) is 17.7. The number of amides is 4. The number of imide groups is 2. The highest BCUT2D eigenvalue weighted by molar-refractivity contribution is 6.33. The molecule has 2 aliphatic rings. The summed E-state index contributed by atoms with van der Waals surface area (Å²) >= 11 is 0. The van der Waals surface area contributed by atoms with E-state index in [9.17, 15) is 14.4 Å². The molecule has 1 saturated heterocycles. The van der Waals surface area contributed by atoms with E-state index in [0.717, 1.165) is 37.3 Å². The summed E-state index contributed by atoms with van der Waals surface area (Å²) in [6.07, 6.45) is 0.535. The molecule has 1 aliphatic heterocycles. The standard InChI is InChI=1S/C20H18N2O3/c1-3-21-18(23)17(19(24)22(4-2)20(21)25)15-11-13-9-5-7-12-8-6-10-14(15)16(12)13/h5-10H,3-4,11H2,1-2H3. The molecule has 25 heavy (non-hydrogen) atoms. The molecule has 2 aromatic rings. The monoisotopic (exact) mass is 334 g/mol. The number of carbonyl (C=O) groups excluding carboxylic acids is 3. The highest BCUT2D eigenvalue weighted by atomic mass is 16.2. The number of benzene rings is 2. The Kier molecular flexibility index (Phi) is 3.46. The van der Waals surface area contributed by atoms with Gasteiger partial charge in [0.2, 0.25) is 0 Å². The predicted octanol–water partition coefficient (Wildman–Crippen LogP) is 2.98. The van der Waals surface area contributed by atoms with Gasteiger partial charge in [0, 0.05) is 13.1 Å². The molecule has 4 rings (SSSR count). The lowest BCUT2D eigenvalue weighted by Crippen LogP contribution is -2.56. The molecule has 0 radical (unpaired) electrons. The van der Waals surface area contributed by atoms with E-state index in [0.29, 0.717) is 6.42 Å². The van der Waals surface area contributed by atoms with Crippen molar-refractivity contribution in [3.63, 3.8) is 0 Å².